The topological polar surface area (TPSA) is 76.3 Å². The van der Waals surface area contributed by atoms with Crippen LogP contribution in [0, 0.1) is 17.0 Å². The molecule has 1 rings (SSSR count). The van der Waals surface area contributed by atoms with Crippen molar-refractivity contribution in [3.63, 3.8) is 0 Å². The fourth-order valence-corrected chi connectivity index (χ4v) is 1.81. The van der Waals surface area contributed by atoms with Gasteiger partial charge in [-0.25, -0.2) is 4.98 Å². The van der Waals surface area contributed by atoms with E-state index in [1.165, 1.54) is 17.8 Å². The molecule has 0 fully saturated rings. The van der Waals surface area contributed by atoms with E-state index in [0.717, 1.165) is 5.56 Å². The number of hydrogen-bond donors (Lipinski definition) is 1. The molecule has 0 spiro atoms. The minimum absolute atomic E-state index is 0.000278. The van der Waals surface area contributed by atoms with Crippen LogP contribution in [0.25, 0.3) is 0 Å². The van der Waals surface area contributed by atoms with E-state index >= 15 is 0 Å². The first-order valence-corrected chi connectivity index (χ1v) is 5.31. The largest absolute Gasteiger partial charge is 0.395 e. The maximum atomic E-state index is 10.7. The van der Waals surface area contributed by atoms with Gasteiger partial charge in [0.25, 0.3) is 0 Å². The Morgan fingerprint density at radius 1 is 1.73 bits per heavy atom. The van der Waals surface area contributed by atoms with Gasteiger partial charge in [0.2, 0.25) is 0 Å². The summed E-state index contributed by atoms with van der Waals surface area (Å²) in [7, 11) is 0. The van der Waals surface area contributed by atoms with Crippen LogP contribution in [0.15, 0.2) is 17.3 Å². The van der Waals surface area contributed by atoms with E-state index in [2.05, 4.69) is 4.98 Å². The van der Waals surface area contributed by atoms with Gasteiger partial charge < -0.3 is 5.11 Å². The van der Waals surface area contributed by atoms with E-state index in [9.17, 15) is 10.1 Å². The molecule has 1 aromatic rings. The summed E-state index contributed by atoms with van der Waals surface area (Å²) in [5.41, 5.74) is 0.753. The average molecular weight is 228 g/mol. The summed E-state index contributed by atoms with van der Waals surface area (Å²) < 4.78 is 0. The third kappa shape index (κ3) is 3.17. The Balaban J connectivity index is 3.01. The molecule has 0 saturated carbocycles. The van der Waals surface area contributed by atoms with Crippen LogP contribution in [0.2, 0.25) is 0 Å². The molecule has 15 heavy (non-hydrogen) atoms. The summed E-state index contributed by atoms with van der Waals surface area (Å²) in [6, 6.07) is 1.49. The smallest absolute Gasteiger partial charge is 0.301 e. The second-order valence-corrected chi connectivity index (χ2v) is 4.63. The number of aromatic nitrogens is 1. The first-order valence-electron chi connectivity index (χ1n) is 4.43. The lowest BCUT2D eigenvalue weighted by Crippen LogP contribution is -2.04. The zero-order valence-corrected chi connectivity index (χ0v) is 9.32. The molecule has 0 saturated heterocycles. The molecule has 5 nitrogen and oxygen atoms in total. The molecular formula is C9H12N2O3S. The van der Waals surface area contributed by atoms with Crippen LogP contribution >= 0.6 is 11.8 Å². The van der Waals surface area contributed by atoms with Crippen molar-refractivity contribution in [1.82, 2.24) is 4.98 Å². The van der Waals surface area contributed by atoms with Crippen LogP contribution in [-0.4, -0.2) is 26.9 Å². The minimum atomic E-state index is -0.452. The highest BCUT2D eigenvalue weighted by molar-refractivity contribution is 8.00. The van der Waals surface area contributed by atoms with Gasteiger partial charge in [-0.1, -0.05) is 18.7 Å². The Kier molecular flexibility index (Phi) is 4.05. The van der Waals surface area contributed by atoms with Crippen LogP contribution in [-0.2, 0) is 0 Å². The van der Waals surface area contributed by atoms with Gasteiger partial charge in [0, 0.05) is 17.5 Å². The van der Waals surface area contributed by atoms with E-state index < -0.39 is 4.92 Å². The van der Waals surface area contributed by atoms with Crippen molar-refractivity contribution in [2.75, 3.05) is 6.61 Å². The molecular weight excluding hydrogens is 216 g/mol. The van der Waals surface area contributed by atoms with Crippen molar-refractivity contribution in [1.29, 1.82) is 0 Å². The lowest BCUT2D eigenvalue weighted by Gasteiger charge is -2.07. The number of hydrogen-bond acceptors (Lipinski definition) is 5. The van der Waals surface area contributed by atoms with Gasteiger partial charge in [-0.3, -0.25) is 10.1 Å². The minimum Gasteiger partial charge on any atom is -0.395 e. The molecule has 0 aromatic carbocycles. The van der Waals surface area contributed by atoms with Gasteiger partial charge in [0.1, 0.15) is 0 Å². The Morgan fingerprint density at radius 2 is 2.40 bits per heavy atom. The number of aliphatic hydroxyl groups excluding tert-OH is 1. The van der Waals surface area contributed by atoms with E-state index in [4.69, 9.17) is 5.11 Å². The molecule has 1 unspecified atom stereocenters. The van der Waals surface area contributed by atoms with Crippen molar-refractivity contribution < 1.29 is 10.0 Å². The number of pyridine rings is 1. The van der Waals surface area contributed by atoms with Gasteiger partial charge in [0.15, 0.2) is 5.03 Å². The predicted molar refractivity (Wildman–Crippen MR) is 58.0 cm³/mol. The van der Waals surface area contributed by atoms with Crippen LogP contribution in [0.1, 0.15) is 12.5 Å². The zero-order valence-electron chi connectivity index (χ0n) is 8.51. The van der Waals surface area contributed by atoms with Gasteiger partial charge in [-0.15, -0.1) is 0 Å². The van der Waals surface area contributed by atoms with Crippen LogP contribution in [0.5, 0.6) is 0 Å². The molecule has 0 aliphatic heterocycles. The first-order chi connectivity index (χ1) is 7.04. The molecule has 6 heteroatoms. The quantitative estimate of drug-likeness (QED) is 0.483. The fourth-order valence-electron chi connectivity index (χ4n) is 0.991. The van der Waals surface area contributed by atoms with Crippen molar-refractivity contribution in [2.45, 2.75) is 24.1 Å². The fraction of sp³-hybridized carbons (Fsp3) is 0.444. The number of rotatable bonds is 4. The Morgan fingerprint density at radius 3 is 2.93 bits per heavy atom. The normalized spacial score (nSPS) is 12.5. The number of nitrogens with zero attached hydrogens (tertiary/aromatic N) is 2. The number of nitro groups is 1. The SMILES string of the molecule is Cc1cnc(SC(C)CO)c([N+](=O)[O-])c1. The summed E-state index contributed by atoms with van der Waals surface area (Å²) in [5.74, 6) is 0. The van der Waals surface area contributed by atoms with Crippen molar-refractivity contribution in [3.8, 4) is 0 Å². The summed E-state index contributed by atoms with van der Waals surface area (Å²) in [4.78, 5) is 14.3. The second-order valence-electron chi connectivity index (χ2n) is 3.21. The highest BCUT2D eigenvalue weighted by Crippen LogP contribution is 2.30. The molecule has 0 radical (unpaired) electrons. The lowest BCUT2D eigenvalue weighted by atomic mass is 10.3. The predicted octanol–water partition coefficient (Wildman–Crippen LogP) is 1.77. The molecule has 1 N–H and O–H groups in total. The first kappa shape index (κ1) is 11.9. The van der Waals surface area contributed by atoms with Crippen LogP contribution in [0.3, 0.4) is 0 Å². The van der Waals surface area contributed by atoms with Crippen molar-refractivity contribution in [2.24, 2.45) is 0 Å². The summed E-state index contributed by atoms with van der Waals surface area (Å²) >= 11 is 1.20. The molecule has 0 bridgehead atoms. The molecule has 1 aromatic heterocycles. The molecule has 0 aliphatic rings. The third-order valence-electron chi connectivity index (χ3n) is 1.74. The maximum absolute atomic E-state index is 10.7. The molecule has 82 valence electrons. The van der Waals surface area contributed by atoms with E-state index in [1.807, 2.05) is 0 Å². The molecule has 1 heterocycles. The van der Waals surface area contributed by atoms with Gasteiger partial charge in [-0.05, 0) is 12.5 Å². The highest BCUT2D eigenvalue weighted by atomic mass is 32.2. The number of aryl methyl sites for hydroxylation is 1. The van der Waals surface area contributed by atoms with Gasteiger partial charge >= 0.3 is 5.69 Å². The maximum Gasteiger partial charge on any atom is 0.301 e. The summed E-state index contributed by atoms with van der Waals surface area (Å²) in [6.45, 7) is 3.51. The molecule has 1 atom stereocenters. The summed E-state index contributed by atoms with van der Waals surface area (Å²) in [5, 5.41) is 19.9. The summed E-state index contributed by atoms with van der Waals surface area (Å²) in [6.07, 6.45) is 1.58. The zero-order chi connectivity index (χ0) is 11.4. The van der Waals surface area contributed by atoms with Crippen LogP contribution < -0.4 is 0 Å². The average Bonchev–Trinajstić information content (AvgIpc) is 2.20. The Labute approximate surface area is 91.7 Å². The van der Waals surface area contributed by atoms with Gasteiger partial charge in [0.05, 0.1) is 11.5 Å². The standard InChI is InChI=1S/C9H12N2O3S/c1-6-3-8(11(13)14)9(10-4-6)15-7(2)5-12/h3-4,7,12H,5H2,1-2H3. The van der Waals surface area contributed by atoms with Gasteiger partial charge in [-0.2, -0.15) is 0 Å². The van der Waals surface area contributed by atoms with E-state index in [1.54, 1.807) is 20.0 Å². The highest BCUT2D eigenvalue weighted by Gasteiger charge is 2.17. The van der Waals surface area contributed by atoms with Crippen LogP contribution in [0.4, 0.5) is 5.69 Å². The molecule has 0 amide bonds. The Bertz CT molecular complexity index is 370. The second kappa shape index (κ2) is 5.09. The van der Waals surface area contributed by atoms with E-state index in [0.29, 0.717) is 5.03 Å². The van der Waals surface area contributed by atoms with Crippen molar-refractivity contribution >= 4 is 17.4 Å². The Hall–Kier alpha value is -1.14. The monoisotopic (exact) mass is 228 g/mol. The third-order valence-corrected chi connectivity index (χ3v) is 2.82. The number of thioether (sulfide) groups is 1. The number of aliphatic hydroxyl groups is 1. The lowest BCUT2D eigenvalue weighted by molar-refractivity contribution is -0.388. The van der Waals surface area contributed by atoms with Crippen molar-refractivity contribution in [3.05, 3.63) is 27.9 Å². The molecule has 0 aliphatic carbocycles. The van der Waals surface area contributed by atoms with E-state index in [-0.39, 0.29) is 17.5 Å².